The number of hydrogen-bond acceptors (Lipinski definition) is 10. The van der Waals surface area contributed by atoms with Gasteiger partial charge in [0.2, 0.25) is 12.1 Å². The predicted octanol–water partition coefficient (Wildman–Crippen LogP) is -1.00. The van der Waals surface area contributed by atoms with Crippen molar-refractivity contribution in [1.82, 2.24) is 0 Å². The van der Waals surface area contributed by atoms with Gasteiger partial charge in [-0.3, -0.25) is 4.79 Å². The topological polar surface area (TPSA) is 177 Å². The largest absolute Gasteiger partial charge is 0.508 e. The summed E-state index contributed by atoms with van der Waals surface area (Å²) < 4.78 is 10.8. The van der Waals surface area contributed by atoms with Crippen LogP contribution in [0.2, 0.25) is 0 Å². The van der Waals surface area contributed by atoms with Gasteiger partial charge in [0.25, 0.3) is 0 Å². The summed E-state index contributed by atoms with van der Waals surface area (Å²) in [5.41, 5.74) is -0.0114. The Balaban J connectivity index is 2.00. The molecule has 5 unspecified atom stereocenters. The Morgan fingerprint density at radius 1 is 0.967 bits per heavy atom. The van der Waals surface area contributed by atoms with Crippen molar-refractivity contribution in [1.29, 1.82) is 0 Å². The molecule has 3 rings (SSSR count). The number of rotatable bonds is 6. The number of hydrogen-bond donors (Lipinski definition) is 7. The quantitative estimate of drug-likeness (QED) is 0.286. The molecule has 5 atom stereocenters. The lowest BCUT2D eigenvalue weighted by molar-refractivity contribution is -0.277. The summed E-state index contributed by atoms with van der Waals surface area (Å²) >= 11 is 0. The molecule has 0 spiro atoms. The van der Waals surface area contributed by atoms with Gasteiger partial charge in [-0.1, -0.05) is 0 Å². The van der Waals surface area contributed by atoms with Gasteiger partial charge in [-0.15, -0.1) is 0 Å². The third-order valence-corrected chi connectivity index (χ3v) is 4.77. The minimum atomic E-state index is -1.74. The molecule has 162 valence electrons. The van der Waals surface area contributed by atoms with Gasteiger partial charge in [0.05, 0.1) is 13.2 Å². The van der Waals surface area contributed by atoms with Gasteiger partial charge in [-0.2, -0.15) is 0 Å². The molecule has 0 bridgehead atoms. The fourth-order valence-electron chi connectivity index (χ4n) is 3.12. The van der Waals surface area contributed by atoms with Crippen molar-refractivity contribution >= 4 is 5.78 Å². The van der Waals surface area contributed by atoms with Gasteiger partial charge in [-0.25, -0.2) is 0 Å². The first-order valence-electron chi connectivity index (χ1n) is 9.04. The summed E-state index contributed by atoms with van der Waals surface area (Å²) in [7, 11) is 0. The van der Waals surface area contributed by atoms with E-state index in [4.69, 9.17) is 9.47 Å². The van der Waals surface area contributed by atoms with Crippen LogP contribution in [0, 0.1) is 0 Å². The molecule has 10 nitrogen and oxygen atoms in total. The second kappa shape index (κ2) is 8.96. The number of carbonyl (C=O) groups is 1. The van der Waals surface area contributed by atoms with E-state index in [9.17, 15) is 40.5 Å². The van der Waals surface area contributed by atoms with Crippen molar-refractivity contribution < 1.29 is 50.0 Å². The van der Waals surface area contributed by atoms with Crippen LogP contribution < -0.4 is 4.74 Å². The van der Waals surface area contributed by atoms with Crippen LogP contribution in [0.25, 0.3) is 0 Å². The predicted molar refractivity (Wildman–Crippen MR) is 100.0 cm³/mol. The molecule has 2 aromatic carbocycles. The first kappa shape index (κ1) is 22.0. The lowest BCUT2D eigenvalue weighted by Gasteiger charge is -2.39. The lowest BCUT2D eigenvalue weighted by atomic mass is 9.98. The normalized spacial score (nSPS) is 26.4. The Hall–Kier alpha value is -2.73. The number of carbonyl (C=O) groups excluding carboxylic acids is 1. The summed E-state index contributed by atoms with van der Waals surface area (Å²) in [4.78, 5) is 12.9. The zero-order valence-electron chi connectivity index (χ0n) is 15.6. The van der Waals surface area contributed by atoms with E-state index < -0.39 is 55.5 Å². The van der Waals surface area contributed by atoms with Crippen LogP contribution in [0.3, 0.4) is 0 Å². The molecule has 0 aromatic heterocycles. The molecule has 0 amide bonds. The second-order valence-electron chi connectivity index (χ2n) is 6.84. The van der Waals surface area contributed by atoms with Crippen molar-refractivity contribution in [2.24, 2.45) is 0 Å². The van der Waals surface area contributed by atoms with Crippen LogP contribution in [0.4, 0.5) is 0 Å². The van der Waals surface area contributed by atoms with Gasteiger partial charge < -0.3 is 45.2 Å². The number of benzene rings is 2. The number of ketones is 1. The highest BCUT2D eigenvalue weighted by atomic mass is 16.7. The number of aliphatic hydroxyl groups excluding tert-OH is 5. The van der Waals surface area contributed by atoms with E-state index in [0.717, 1.165) is 6.07 Å². The van der Waals surface area contributed by atoms with E-state index in [1.54, 1.807) is 0 Å². The maximum atomic E-state index is 12.9. The van der Waals surface area contributed by atoms with Crippen LogP contribution in [0.1, 0.15) is 21.5 Å². The summed E-state index contributed by atoms with van der Waals surface area (Å²) in [6.45, 7) is -1.17. The van der Waals surface area contributed by atoms with Crippen LogP contribution in [-0.2, 0) is 11.3 Å². The van der Waals surface area contributed by atoms with E-state index in [1.807, 2.05) is 0 Å². The SMILES string of the molecule is O=C(c1ccc(O)cc1)c1c(O)cc(CO)cc1OC1OC(CO)C(O)C(O)C1O. The van der Waals surface area contributed by atoms with Crippen molar-refractivity contribution in [2.75, 3.05) is 6.61 Å². The minimum Gasteiger partial charge on any atom is -0.508 e. The Morgan fingerprint density at radius 2 is 1.63 bits per heavy atom. The van der Waals surface area contributed by atoms with E-state index in [-0.39, 0.29) is 28.2 Å². The number of aromatic hydroxyl groups is 2. The van der Waals surface area contributed by atoms with Gasteiger partial charge in [-0.05, 0) is 42.0 Å². The van der Waals surface area contributed by atoms with Crippen molar-refractivity contribution in [2.45, 2.75) is 37.3 Å². The fourth-order valence-corrected chi connectivity index (χ4v) is 3.12. The Bertz CT molecular complexity index is 895. The molecule has 1 aliphatic heterocycles. The van der Waals surface area contributed by atoms with E-state index >= 15 is 0 Å². The lowest BCUT2D eigenvalue weighted by Crippen LogP contribution is -2.60. The molecule has 2 aromatic rings. The summed E-state index contributed by atoms with van der Waals surface area (Å²) in [6, 6.07) is 7.63. The molecule has 0 saturated carbocycles. The van der Waals surface area contributed by atoms with E-state index in [0.29, 0.717) is 0 Å². The van der Waals surface area contributed by atoms with E-state index in [1.165, 1.54) is 30.3 Å². The molecule has 1 heterocycles. The minimum absolute atomic E-state index is 0.0656. The molecular formula is C20H22O10. The number of ether oxygens (including phenoxy) is 2. The summed E-state index contributed by atoms with van der Waals surface area (Å²) in [5, 5.41) is 68.5. The van der Waals surface area contributed by atoms with Gasteiger partial charge in [0.15, 0.2) is 0 Å². The molecular weight excluding hydrogens is 400 g/mol. The fraction of sp³-hybridized carbons (Fsp3) is 0.350. The standard InChI is InChI=1S/C20H22O10/c21-7-9-5-12(24)15(16(25)10-1-3-11(23)4-2-10)13(6-9)29-20-19(28)18(27)17(26)14(8-22)30-20/h1-6,14,17-24,26-28H,7-8H2. The van der Waals surface area contributed by atoms with Gasteiger partial charge in [0, 0.05) is 5.56 Å². The van der Waals surface area contributed by atoms with Crippen molar-refractivity contribution in [3.63, 3.8) is 0 Å². The molecule has 1 fully saturated rings. The van der Waals surface area contributed by atoms with Crippen LogP contribution >= 0.6 is 0 Å². The van der Waals surface area contributed by atoms with Gasteiger partial charge in [0.1, 0.15) is 47.2 Å². The van der Waals surface area contributed by atoms with Gasteiger partial charge >= 0.3 is 0 Å². The Labute approximate surface area is 170 Å². The zero-order valence-corrected chi connectivity index (χ0v) is 15.6. The molecule has 0 aliphatic carbocycles. The van der Waals surface area contributed by atoms with Crippen LogP contribution in [0.15, 0.2) is 36.4 Å². The Kier molecular flexibility index (Phi) is 6.56. The molecule has 30 heavy (non-hydrogen) atoms. The third-order valence-electron chi connectivity index (χ3n) is 4.77. The smallest absolute Gasteiger partial charge is 0.229 e. The average Bonchev–Trinajstić information content (AvgIpc) is 2.73. The summed E-state index contributed by atoms with van der Waals surface area (Å²) in [5.74, 6) is -1.53. The monoisotopic (exact) mass is 422 g/mol. The molecule has 1 aliphatic rings. The highest BCUT2D eigenvalue weighted by Gasteiger charge is 2.45. The van der Waals surface area contributed by atoms with Crippen LogP contribution in [-0.4, -0.2) is 78.8 Å². The highest BCUT2D eigenvalue weighted by Crippen LogP contribution is 2.35. The number of phenolic OH excluding ortho intramolecular Hbond substituents is 2. The third kappa shape index (κ3) is 4.24. The number of phenols is 2. The molecule has 7 N–H and O–H groups in total. The second-order valence-corrected chi connectivity index (χ2v) is 6.84. The summed E-state index contributed by atoms with van der Waals surface area (Å²) in [6.07, 6.45) is -7.87. The zero-order chi connectivity index (χ0) is 22.0. The average molecular weight is 422 g/mol. The van der Waals surface area contributed by atoms with E-state index in [2.05, 4.69) is 0 Å². The molecule has 10 heteroatoms. The first-order chi connectivity index (χ1) is 14.3. The Morgan fingerprint density at radius 3 is 2.23 bits per heavy atom. The first-order valence-corrected chi connectivity index (χ1v) is 9.04. The van der Waals surface area contributed by atoms with Crippen molar-refractivity contribution in [3.05, 3.63) is 53.1 Å². The molecule has 0 radical (unpaired) electrons. The maximum Gasteiger partial charge on any atom is 0.229 e. The highest BCUT2D eigenvalue weighted by molar-refractivity contribution is 6.12. The van der Waals surface area contributed by atoms with Crippen molar-refractivity contribution in [3.8, 4) is 17.2 Å². The number of aliphatic hydroxyl groups is 5. The van der Waals surface area contributed by atoms with Crippen LogP contribution in [0.5, 0.6) is 17.2 Å². The maximum absolute atomic E-state index is 12.9. The molecule has 1 saturated heterocycles.